The van der Waals surface area contributed by atoms with Crippen LogP contribution in [0.25, 0.3) is 0 Å². The topological polar surface area (TPSA) is 82.4 Å². The van der Waals surface area contributed by atoms with E-state index in [1.54, 1.807) is 24.1 Å². The number of nitrogens with zero attached hydrogens (tertiary/aromatic N) is 3. The van der Waals surface area contributed by atoms with Crippen molar-refractivity contribution in [3.63, 3.8) is 0 Å². The number of H-pyrrole nitrogens is 1. The number of likely N-dealkylation sites (tertiary alicyclic amines) is 1. The Balaban J connectivity index is 1.71. The highest BCUT2D eigenvalue weighted by Gasteiger charge is 2.29. The number of rotatable bonds is 2. The predicted octanol–water partition coefficient (Wildman–Crippen LogP) is 1.94. The molecule has 0 aliphatic carbocycles. The first-order valence-corrected chi connectivity index (χ1v) is 7.38. The zero-order valence-electron chi connectivity index (χ0n) is 12.7. The maximum Gasteiger partial charge on any atom is 0.434 e. The van der Waals surface area contributed by atoms with E-state index in [-0.39, 0.29) is 17.8 Å². The van der Waals surface area contributed by atoms with Crippen molar-refractivity contribution < 1.29 is 13.6 Å². The van der Waals surface area contributed by atoms with Crippen LogP contribution in [-0.4, -0.2) is 41.3 Å². The Morgan fingerprint density at radius 2 is 2.17 bits per heavy atom. The zero-order valence-corrected chi connectivity index (χ0v) is 12.7. The summed E-state index contributed by atoms with van der Waals surface area (Å²) in [5, 5.41) is 6.09. The molecule has 23 heavy (non-hydrogen) atoms. The van der Waals surface area contributed by atoms with Gasteiger partial charge in [0.15, 0.2) is 0 Å². The van der Waals surface area contributed by atoms with Gasteiger partial charge in [-0.25, -0.2) is 19.1 Å². The Kier molecular flexibility index (Phi) is 4.14. The Bertz CT molecular complexity index is 740. The van der Waals surface area contributed by atoms with Crippen LogP contribution in [0.1, 0.15) is 24.7 Å². The number of carbonyl (C=O) groups excluding carboxylic acids is 1. The number of hydrogen-bond acceptors (Lipinski definition) is 4. The first-order chi connectivity index (χ1) is 11.0. The van der Waals surface area contributed by atoms with Gasteiger partial charge in [-0.2, -0.15) is 0 Å². The molecule has 0 unspecified atom stereocenters. The van der Waals surface area contributed by atoms with Crippen molar-refractivity contribution >= 4 is 11.7 Å². The number of piperidine rings is 1. The summed E-state index contributed by atoms with van der Waals surface area (Å²) in [4.78, 5) is 26.8. The average Bonchev–Trinajstić information content (AvgIpc) is 3.01. The molecule has 1 saturated heterocycles. The van der Waals surface area contributed by atoms with Crippen molar-refractivity contribution in [2.45, 2.75) is 18.8 Å². The van der Waals surface area contributed by atoms with Gasteiger partial charge in [0.2, 0.25) is 5.89 Å². The molecule has 1 aliphatic rings. The van der Waals surface area contributed by atoms with Gasteiger partial charge in [-0.05, 0) is 37.1 Å². The molecule has 0 spiro atoms. The maximum absolute atomic E-state index is 13.0. The van der Waals surface area contributed by atoms with Crippen molar-refractivity contribution in [2.75, 3.05) is 25.0 Å². The summed E-state index contributed by atoms with van der Waals surface area (Å²) in [6, 6.07) is 5.56. The SMILES string of the molecule is CN(C(=O)N1CCC[C@H](c2n[nH]c(=O)o2)C1)c1ccc(F)cc1. The molecule has 7 nitrogen and oxygen atoms in total. The third kappa shape index (κ3) is 3.25. The van der Waals surface area contributed by atoms with Gasteiger partial charge in [-0.3, -0.25) is 4.90 Å². The lowest BCUT2D eigenvalue weighted by molar-refractivity contribution is 0.181. The highest BCUT2D eigenvalue weighted by atomic mass is 19.1. The summed E-state index contributed by atoms with van der Waals surface area (Å²) < 4.78 is 18.0. The van der Waals surface area contributed by atoms with E-state index in [4.69, 9.17) is 4.42 Å². The second-order valence-electron chi connectivity index (χ2n) is 5.55. The molecule has 2 heterocycles. The molecular weight excluding hydrogens is 303 g/mol. The van der Waals surface area contributed by atoms with Crippen LogP contribution in [0.2, 0.25) is 0 Å². The second kappa shape index (κ2) is 6.23. The monoisotopic (exact) mass is 320 g/mol. The number of aromatic amines is 1. The number of amides is 2. The Hall–Kier alpha value is -2.64. The lowest BCUT2D eigenvalue weighted by Crippen LogP contribution is -2.46. The van der Waals surface area contributed by atoms with Gasteiger partial charge < -0.3 is 9.32 Å². The van der Waals surface area contributed by atoms with Crippen LogP contribution in [0.3, 0.4) is 0 Å². The van der Waals surface area contributed by atoms with E-state index in [0.29, 0.717) is 24.7 Å². The van der Waals surface area contributed by atoms with Crippen LogP contribution in [0, 0.1) is 5.82 Å². The average molecular weight is 320 g/mol. The molecule has 2 amide bonds. The van der Waals surface area contributed by atoms with Gasteiger partial charge in [0.05, 0.1) is 5.92 Å². The van der Waals surface area contributed by atoms with Crippen molar-refractivity contribution in [3.05, 3.63) is 46.5 Å². The van der Waals surface area contributed by atoms with Crippen molar-refractivity contribution in [3.8, 4) is 0 Å². The van der Waals surface area contributed by atoms with Gasteiger partial charge in [-0.1, -0.05) is 0 Å². The van der Waals surface area contributed by atoms with Gasteiger partial charge >= 0.3 is 11.8 Å². The molecule has 3 rings (SSSR count). The molecule has 8 heteroatoms. The van der Waals surface area contributed by atoms with E-state index in [9.17, 15) is 14.0 Å². The molecule has 1 aromatic heterocycles. The number of anilines is 1. The summed E-state index contributed by atoms with van der Waals surface area (Å²) in [5.41, 5.74) is 0.616. The fourth-order valence-electron chi connectivity index (χ4n) is 2.76. The van der Waals surface area contributed by atoms with Crippen LogP contribution in [0.5, 0.6) is 0 Å². The summed E-state index contributed by atoms with van der Waals surface area (Å²) in [5.74, 6) is -0.710. The highest BCUT2D eigenvalue weighted by Crippen LogP contribution is 2.26. The van der Waals surface area contributed by atoms with Gasteiger partial charge in [0, 0.05) is 25.8 Å². The van der Waals surface area contributed by atoms with Crippen LogP contribution in [-0.2, 0) is 0 Å². The molecule has 0 bridgehead atoms. The van der Waals surface area contributed by atoms with Crippen LogP contribution in [0.4, 0.5) is 14.9 Å². The lowest BCUT2D eigenvalue weighted by atomic mass is 9.98. The highest BCUT2D eigenvalue weighted by molar-refractivity contribution is 5.91. The number of hydrogen-bond donors (Lipinski definition) is 1. The first-order valence-electron chi connectivity index (χ1n) is 7.38. The van der Waals surface area contributed by atoms with E-state index in [1.165, 1.54) is 17.0 Å². The number of carbonyl (C=O) groups is 1. The van der Waals surface area contributed by atoms with Gasteiger partial charge in [0.1, 0.15) is 5.82 Å². The molecule has 0 radical (unpaired) electrons. The normalized spacial score (nSPS) is 18.0. The Morgan fingerprint density at radius 1 is 1.43 bits per heavy atom. The predicted molar refractivity (Wildman–Crippen MR) is 80.9 cm³/mol. The lowest BCUT2D eigenvalue weighted by Gasteiger charge is -2.34. The smallest absolute Gasteiger partial charge is 0.392 e. The van der Waals surface area contributed by atoms with Crippen LogP contribution in [0.15, 0.2) is 33.5 Å². The molecule has 122 valence electrons. The van der Waals surface area contributed by atoms with E-state index in [2.05, 4.69) is 10.2 Å². The summed E-state index contributed by atoms with van der Waals surface area (Å²) in [6.07, 6.45) is 1.60. The number of urea groups is 1. The number of halogens is 1. The number of nitrogens with one attached hydrogen (secondary N) is 1. The molecule has 2 aromatic rings. The first kappa shape index (κ1) is 15.3. The minimum absolute atomic E-state index is 0.103. The molecule has 1 aliphatic heterocycles. The van der Waals surface area contributed by atoms with E-state index in [1.807, 2.05) is 0 Å². The number of benzene rings is 1. The van der Waals surface area contributed by atoms with E-state index >= 15 is 0 Å². The van der Waals surface area contributed by atoms with Crippen LogP contribution < -0.4 is 10.7 Å². The second-order valence-corrected chi connectivity index (χ2v) is 5.55. The summed E-state index contributed by atoms with van der Waals surface area (Å²) >= 11 is 0. The summed E-state index contributed by atoms with van der Waals surface area (Å²) in [7, 11) is 1.65. The van der Waals surface area contributed by atoms with E-state index < -0.39 is 5.76 Å². The third-order valence-electron chi connectivity index (χ3n) is 4.00. The van der Waals surface area contributed by atoms with E-state index in [0.717, 1.165) is 12.8 Å². The standard InChI is InChI=1S/C15H17FN4O3/c1-19(12-6-4-11(16)5-7-12)15(22)20-8-2-3-10(9-20)13-17-18-14(21)23-13/h4-7,10H,2-3,8-9H2,1H3,(H,18,21)/t10-/m0/s1. The molecular formula is C15H17FN4O3. The van der Waals surface area contributed by atoms with Crippen LogP contribution >= 0.6 is 0 Å². The fourth-order valence-corrected chi connectivity index (χ4v) is 2.76. The summed E-state index contributed by atoms with van der Waals surface area (Å²) in [6.45, 7) is 1.05. The van der Waals surface area contributed by atoms with Gasteiger partial charge in [-0.15, -0.1) is 5.10 Å². The zero-order chi connectivity index (χ0) is 16.4. The third-order valence-corrected chi connectivity index (χ3v) is 4.00. The Morgan fingerprint density at radius 3 is 2.83 bits per heavy atom. The fraction of sp³-hybridized carbons (Fsp3) is 0.400. The Labute approximate surface area is 131 Å². The van der Waals surface area contributed by atoms with Crippen molar-refractivity contribution in [1.82, 2.24) is 15.1 Å². The largest absolute Gasteiger partial charge is 0.434 e. The molecule has 0 saturated carbocycles. The molecule has 1 fully saturated rings. The molecule has 1 N–H and O–H groups in total. The number of aromatic nitrogens is 2. The molecule has 1 atom stereocenters. The van der Waals surface area contributed by atoms with Gasteiger partial charge in [0.25, 0.3) is 0 Å². The minimum Gasteiger partial charge on any atom is -0.392 e. The molecule has 1 aromatic carbocycles. The quantitative estimate of drug-likeness (QED) is 0.916. The van der Waals surface area contributed by atoms with Crippen molar-refractivity contribution in [1.29, 1.82) is 0 Å². The van der Waals surface area contributed by atoms with Crippen molar-refractivity contribution in [2.24, 2.45) is 0 Å². The minimum atomic E-state index is -0.591. The maximum atomic E-state index is 13.0.